The molecule has 1 aliphatic heterocycles. The first-order valence-corrected chi connectivity index (χ1v) is 8.73. The molecule has 1 aromatic rings. The molecule has 4 nitrogen and oxygen atoms in total. The molecule has 0 bridgehead atoms. The van der Waals surface area contributed by atoms with Crippen molar-refractivity contribution in [3.63, 3.8) is 0 Å². The van der Waals surface area contributed by atoms with Gasteiger partial charge in [0.25, 0.3) is 0 Å². The van der Waals surface area contributed by atoms with Crippen molar-refractivity contribution in [1.82, 2.24) is 9.88 Å². The molecule has 1 saturated carbocycles. The van der Waals surface area contributed by atoms with Crippen LogP contribution in [-0.4, -0.2) is 35.1 Å². The van der Waals surface area contributed by atoms with Crippen LogP contribution in [-0.2, 0) is 0 Å². The topological polar surface area (TPSA) is 52.0 Å². The lowest BCUT2D eigenvalue weighted by atomic mass is 9.96. The predicted octanol–water partition coefficient (Wildman–Crippen LogP) is 3.55. The molecule has 0 spiro atoms. The van der Waals surface area contributed by atoms with E-state index in [1.165, 1.54) is 57.9 Å². The van der Waals surface area contributed by atoms with Gasteiger partial charge in [-0.05, 0) is 50.8 Å². The molecule has 1 atom stereocenters. The number of anilines is 1. The summed E-state index contributed by atoms with van der Waals surface area (Å²) in [7, 11) is 0. The average molecular weight is 298 g/mol. The van der Waals surface area contributed by atoms with Gasteiger partial charge in [-0.25, -0.2) is 4.98 Å². The van der Waals surface area contributed by atoms with E-state index in [1.54, 1.807) is 6.07 Å². The summed E-state index contributed by atoms with van der Waals surface area (Å²) in [6, 6.07) is 9.23. The van der Waals surface area contributed by atoms with E-state index in [2.05, 4.69) is 21.3 Å². The third-order valence-electron chi connectivity index (χ3n) is 5.11. The normalized spacial score (nSPS) is 23.3. The molecule has 2 aliphatic rings. The maximum atomic E-state index is 8.90. The molecule has 3 rings (SSSR count). The van der Waals surface area contributed by atoms with Crippen LogP contribution >= 0.6 is 0 Å². The number of hydrogen-bond acceptors (Lipinski definition) is 4. The van der Waals surface area contributed by atoms with Crippen molar-refractivity contribution in [2.45, 2.75) is 63.5 Å². The largest absolute Gasteiger partial charge is 0.370 e. The third kappa shape index (κ3) is 3.78. The van der Waals surface area contributed by atoms with Gasteiger partial charge in [0.2, 0.25) is 0 Å². The van der Waals surface area contributed by atoms with Gasteiger partial charge in [0.05, 0.1) is 0 Å². The second-order valence-corrected chi connectivity index (χ2v) is 6.56. The number of rotatable bonds is 5. The zero-order valence-corrected chi connectivity index (χ0v) is 13.3. The highest BCUT2D eigenvalue weighted by molar-refractivity contribution is 5.38. The Kier molecular flexibility index (Phi) is 5.29. The van der Waals surface area contributed by atoms with E-state index in [0.29, 0.717) is 5.69 Å². The van der Waals surface area contributed by atoms with Crippen molar-refractivity contribution in [2.75, 3.05) is 18.4 Å². The van der Waals surface area contributed by atoms with Crippen molar-refractivity contribution < 1.29 is 0 Å². The summed E-state index contributed by atoms with van der Waals surface area (Å²) >= 11 is 0. The summed E-state index contributed by atoms with van der Waals surface area (Å²) in [6.45, 7) is 2.23. The van der Waals surface area contributed by atoms with Crippen LogP contribution in [0.2, 0.25) is 0 Å². The summed E-state index contributed by atoms with van der Waals surface area (Å²) in [5.41, 5.74) is 0.482. The summed E-state index contributed by atoms with van der Waals surface area (Å²) < 4.78 is 0. The molecule has 22 heavy (non-hydrogen) atoms. The lowest BCUT2D eigenvalue weighted by Crippen LogP contribution is -2.45. The van der Waals surface area contributed by atoms with E-state index in [0.717, 1.165) is 24.4 Å². The van der Waals surface area contributed by atoms with Crippen molar-refractivity contribution >= 4 is 5.82 Å². The Labute approximate surface area is 133 Å². The summed E-state index contributed by atoms with van der Waals surface area (Å²) in [6.07, 6.45) is 10.9. The fourth-order valence-electron chi connectivity index (χ4n) is 4.01. The average Bonchev–Trinajstić information content (AvgIpc) is 3.10. The molecular weight excluding hydrogens is 272 g/mol. The summed E-state index contributed by atoms with van der Waals surface area (Å²) in [5, 5.41) is 12.3. The number of piperidine rings is 1. The monoisotopic (exact) mass is 298 g/mol. The molecule has 0 amide bonds. The van der Waals surface area contributed by atoms with Crippen LogP contribution in [0.15, 0.2) is 18.2 Å². The zero-order chi connectivity index (χ0) is 15.2. The van der Waals surface area contributed by atoms with Gasteiger partial charge >= 0.3 is 0 Å². The van der Waals surface area contributed by atoms with Crippen molar-refractivity contribution in [1.29, 1.82) is 5.26 Å². The number of hydrogen-bond donors (Lipinski definition) is 1. The quantitative estimate of drug-likeness (QED) is 0.903. The second kappa shape index (κ2) is 7.60. The predicted molar refractivity (Wildman–Crippen MR) is 88.7 cm³/mol. The van der Waals surface area contributed by atoms with Crippen LogP contribution in [0.1, 0.15) is 57.1 Å². The van der Waals surface area contributed by atoms with Crippen molar-refractivity contribution in [3.8, 4) is 6.07 Å². The number of nitrogens with one attached hydrogen (secondary N) is 1. The third-order valence-corrected chi connectivity index (χ3v) is 5.11. The molecule has 0 unspecified atom stereocenters. The molecular formula is C18H26N4. The maximum absolute atomic E-state index is 8.90. The van der Waals surface area contributed by atoms with Gasteiger partial charge in [-0.1, -0.05) is 25.3 Å². The van der Waals surface area contributed by atoms with Crippen LogP contribution in [0, 0.1) is 11.3 Å². The summed E-state index contributed by atoms with van der Waals surface area (Å²) in [4.78, 5) is 7.07. The van der Waals surface area contributed by atoms with E-state index in [-0.39, 0.29) is 0 Å². The Bertz CT molecular complexity index is 516. The van der Waals surface area contributed by atoms with Gasteiger partial charge in [-0.3, -0.25) is 4.90 Å². The molecule has 118 valence electrons. The van der Waals surface area contributed by atoms with Gasteiger partial charge < -0.3 is 5.32 Å². The number of pyridine rings is 1. The van der Waals surface area contributed by atoms with Crippen LogP contribution in [0.3, 0.4) is 0 Å². The van der Waals surface area contributed by atoms with Crippen LogP contribution < -0.4 is 5.32 Å². The van der Waals surface area contributed by atoms with Gasteiger partial charge in [-0.15, -0.1) is 0 Å². The van der Waals surface area contributed by atoms with Crippen LogP contribution in [0.5, 0.6) is 0 Å². The highest BCUT2D eigenvalue weighted by atomic mass is 15.2. The van der Waals surface area contributed by atoms with Crippen LogP contribution in [0.4, 0.5) is 5.82 Å². The molecule has 1 aromatic heterocycles. The minimum atomic E-state index is 0.482. The lowest BCUT2D eigenvalue weighted by Gasteiger charge is -2.40. The van der Waals surface area contributed by atoms with E-state index in [9.17, 15) is 0 Å². The molecule has 1 N–H and O–H groups in total. The fourth-order valence-corrected chi connectivity index (χ4v) is 4.01. The molecule has 1 aliphatic carbocycles. The minimum Gasteiger partial charge on any atom is -0.370 e. The van der Waals surface area contributed by atoms with Gasteiger partial charge in [0.15, 0.2) is 0 Å². The second-order valence-electron chi connectivity index (χ2n) is 6.56. The number of nitriles is 1. The Morgan fingerprint density at radius 2 is 2.00 bits per heavy atom. The smallest absolute Gasteiger partial charge is 0.142 e. The zero-order valence-electron chi connectivity index (χ0n) is 13.3. The molecule has 2 fully saturated rings. The first kappa shape index (κ1) is 15.3. The minimum absolute atomic E-state index is 0.482. The van der Waals surface area contributed by atoms with Gasteiger partial charge in [-0.2, -0.15) is 5.26 Å². The Morgan fingerprint density at radius 3 is 2.82 bits per heavy atom. The molecule has 0 radical (unpaired) electrons. The van der Waals surface area contributed by atoms with Gasteiger partial charge in [0.1, 0.15) is 17.6 Å². The lowest BCUT2D eigenvalue weighted by molar-refractivity contribution is 0.0933. The fraction of sp³-hybridized carbons (Fsp3) is 0.667. The Morgan fingerprint density at radius 1 is 1.18 bits per heavy atom. The first-order valence-electron chi connectivity index (χ1n) is 8.73. The number of nitrogens with zero attached hydrogens (tertiary/aromatic N) is 3. The molecule has 1 saturated heterocycles. The Hall–Kier alpha value is -1.60. The molecule has 2 heterocycles. The first-order chi connectivity index (χ1) is 10.9. The number of likely N-dealkylation sites (tertiary alicyclic amines) is 1. The van der Waals surface area contributed by atoms with E-state index < -0.39 is 0 Å². The van der Waals surface area contributed by atoms with E-state index >= 15 is 0 Å². The number of aromatic nitrogens is 1. The SMILES string of the molecule is N#Cc1cccc(NCC[C@H]2CCCCN2C2CCCC2)n1. The Balaban J connectivity index is 1.51. The van der Waals surface area contributed by atoms with E-state index in [1.807, 2.05) is 12.1 Å². The van der Waals surface area contributed by atoms with E-state index in [4.69, 9.17) is 5.26 Å². The van der Waals surface area contributed by atoms with Crippen molar-refractivity contribution in [2.24, 2.45) is 0 Å². The standard InChI is InChI=1S/C18H26N4/c19-14-15-6-5-10-18(21-15)20-12-11-17-9-3-4-13-22(17)16-7-1-2-8-16/h5-6,10,16-17H,1-4,7-9,11-13H2,(H,20,21)/t17-/m1/s1. The van der Waals surface area contributed by atoms with Gasteiger partial charge in [0, 0.05) is 18.6 Å². The van der Waals surface area contributed by atoms with Crippen LogP contribution in [0.25, 0.3) is 0 Å². The maximum Gasteiger partial charge on any atom is 0.142 e. The molecule has 4 heteroatoms. The molecule has 0 aromatic carbocycles. The summed E-state index contributed by atoms with van der Waals surface area (Å²) in [5.74, 6) is 0.822. The van der Waals surface area contributed by atoms with Crippen molar-refractivity contribution in [3.05, 3.63) is 23.9 Å². The highest BCUT2D eigenvalue weighted by Crippen LogP contribution is 2.30. The highest BCUT2D eigenvalue weighted by Gasteiger charge is 2.30.